The van der Waals surface area contributed by atoms with Crippen LogP contribution in [0.25, 0.3) is 0 Å². The maximum absolute atomic E-state index is 13.7. The number of hydrogen-bond acceptors (Lipinski definition) is 3. The van der Waals surface area contributed by atoms with Crippen molar-refractivity contribution >= 4 is 21.6 Å². The molecule has 7 heteroatoms. The van der Waals surface area contributed by atoms with E-state index in [-0.39, 0.29) is 12.1 Å². The monoisotopic (exact) mass is 323 g/mol. The third-order valence-electron chi connectivity index (χ3n) is 3.45. The van der Waals surface area contributed by atoms with E-state index in [1.54, 1.807) is 18.2 Å². The highest BCUT2D eigenvalue weighted by Gasteiger charge is 2.37. The van der Waals surface area contributed by atoms with E-state index < -0.39 is 38.9 Å². The summed E-state index contributed by atoms with van der Waals surface area (Å²) >= 11 is 0. The van der Waals surface area contributed by atoms with Crippen molar-refractivity contribution in [2.45, 2.75) is 12.2 Å². The van der Waals surface area contributed by atoms with Gasteiger partial charge in [-0.2, -0.15) is 0 Å². The summed E-state index contributed by atoms with van der Waals surface area (Å²) in [5, 5.41) is 0. The Balaban J connectivity index is 2.03. The SMILES string of the molecule is O=C1Cc2ccccc2N1S(=O)(=O)Cc1c(F)cccc1F. The van der Waals surface area contributed by atoms with E-state index in [0.717, 1.165) is 18.2 Å². The number of sulfonamides is 1. The lowest BCUT2D eigenvalue weighted by Crippen LogP contribution is -2.35. The molecule has 0 aliphatic carbocycles. The van der Waals surface area contributed by atoms with Crippen molar-refractivity contribution in [3.63, 3.8) is 0 Å². The van der Waals surface area contributed by atoms with Gasteiger partial charge in [0, 0.05) is 5.56 Å². The zero-order chi connectivity index (χ0) is 15.9. The standard InChI is InChI=1S/C15H11F2NO3S/c16-12-5-3-6-13(17)11(12)9-22(20,21)18-14-7-2-1-4-10(14)8-15(18)19/h1-7H,8-9H2. The number of carbonyl (C=O) groups is 1. The second-order valence-corrected chi connectivity index (χ2v) is 6.74. The molecule has 2 aromatic rings. The van der Waals surface area contributed by atoms with E-state index in [1.165, 1.54) is 6.07 Å². The summed E-state index contributed by atoms with van der Waals surface area (Å²) in [6.45, 7) is 0. The fourth-order valence-electron chi connectivity index (χ4n) is 2.45. The minimum atomic E-state index is -4.22. The molecule has 114 valence electrons. The Hall–Kier alpha value is -2.28. The first-order chi connectivity index (χ1) is 10.4. The molecule has 0 fully saturated rings. The Morgan fingerprint density at radius 2 is 1.64 bits per heavy atom. The Morgan fingerprint density at radius 3 is 2.32 bits per heavy atom. The molecule has 1 amide bonds. The van der Waals surface area contributed by atoms with E-state index in [2.05, 4.69) is 0 Å². The number of benzene rings is 2. The third-order valence-corrected chi connectivity index (χ3v) is 5.06. The van der Waals surface area contributed by atoms with Gasteiger partial charge in [-0.1, -0.05) is 24.3 Å². The van der Waals surface area contributed by atoms with E-state index in [4.69, 9.17) is 0 Å². The summed E-state index contributed by atoms with van der Waals surface area (Å²) in [7, 11) is -4.22. The molecule has 0 unspecified atom stereocenters. The molecule has 22 heavy (non-hydrogen) atoms. The van der Waals surface area contributed by atoms with Crippen molar-refractivity contribution in [3.05, 3.63) is 65.2 Å². The summed E-state index contributed by atoms with van der Waals surface area (Å²) in [4.78, 5) is 12.0. The number of anilines is 1. The molecule has 0 bridgehead atoms. The maximum atomic E-state index is 13.7. The zero-order valence-corrected chi connectivity index (χ0v) is 12.1. The van der Waals surface area contributed by atoms with Crippen molar-refractivity contribution in [1.29, 1.82) is 0 Å². The minimum Gasteiger partial charge on any atom is -0.273 e. The van der Waals surface area contributed by atoms with Crippen LogP contribution in [0.4, 0.5) is 14.5 Å². The number of para-hydroxylation sites is 1. The van der Waals surface area contributed by atoms with Gasteiger partial charge in [0.2, 0.25) is 15.9 Å². The molecule has 0 atom stereocenters. The lowest BCUT2D eigenvalue weighted by Gasteiger charge is -2.18. The number of halogens is 2. The minimum absolute atomic E-state index is 0.0465. The van der Waals surface area contributed by atoms with Crippen LogP contribution < -0.4 is 4.31 Å². The molecule has 0 saturated heterocycles. The van der Waals surface area contributed by atoms with Gasteiger partial charge in [0.15, 0.2) is 0 Å². The molecule has 1 heterocycles. The van der Waals surface area contributed by atoms with Crippen LogP contribution in [-0.2, 0) is 27.0 Å². The van der Waals surface area contributed by atoms with Crippen LogP contribution in [0.2, 0.25) is 0 Å². The van der Waals surface area contributed by atoms with Gasteiger partial charge in [-0.3, -0.25) is 4.79 Å². The molecular formula is C15H11F2NO3S. The number of amides is 1. The summed E-state index contributed by atoms with van der Waals surface area (Å²) in [5.41, 5.74) is 0.244. The number of carbonyl (C=O) groups excluding carboxylic acids is 1. The Bertz CT molecular complexity index is 845. The largest absolute Gasteiger partial charge is 0.273 e. The van der Waals surface area contributed by atoms with Gasteiger partial charge >= 0.3 is 0 Å². The number of rotatable bonds is 3. The van der Waals surface area contributed by atoms with E-state index in [9.17, 15) is 22.0 Å². The zero-order valence-electron chi connectivity index (χ0n) is 11.3. The van der Waals surface area contributed by atoms with E-state index >= 15 is 0 Å². The first kappa shape index (κ1) is 14.6. The molecule has 0 radical (unpaired) electrons. The highest BCUT2D eigenvalue weighted by molar-refractivity contribution is 7.92. The van der Waals surface area contributed by atoms with Gasteiger partial charge in [-0.05, 0) is 23.8 Å². The Kier molecular flexibility index (Phi) is 3.44. The van der Waals surface area contributed by atoms with Crippen molar-refractivity contribution in [1.82, 2.24) is 0 Å². The lowest BCUT2D eigenvalue weighted by molar-refractivity contribution is -0.116. The third kappa shape index (κ3) is 2.37. The topological polar surface area (TPSA) is 54.5 Å². The van der Waals surface area contributed by atoms with Crippen LogP contribution in [0.1, 0.15) is 11.1 Å². The quantitative estimate of drug-likeness (QED) is 0.871. The molecule has 1 aliphatic heterocycles. The van der Waals surface area contributed by atoms with Crippen molar-refractivity contribution < 1.29 is 22.0 Å². The molecule has 3 rings (SSSR count). The second kappa shape index (κ2) is 5.17. The number of fused-ring (bicyclic) bond motifs is 1. The molecule has 2 aromatic carbocycles. The Morgan fingerprint density at radius 1 is 1.00 bits per heavy atom. The summed E-state index contributed by atoms with van der Waals surface area (Å²) < 4.78 is 52.8. The Labute approximate surface area is 126 Å². The van der Waals surface area contributed by atoms with Gasteiger partial charge in [0.05, 0.1) is 12.1 Å². The van der Waals surface area contributed by atoms with E-state index in [1.807, 2.05) is 0 Å². The molecular weight excluding hydrogens is 312 g/mol. The van der Waals surface area contributed by atoms with Crippen LogP contribution in [0, 0.1) is 11.6 Å². The van der Waals surface area contributed by atoms with Crippen molar-refractivity contribution in [3.8, 4) is 0 Å². The molecule has 0 saturated carbocycles. The van der Waals surface area contributed by atoms with Crippen molar-refractivity contribution in [2.24, 2.45) is 0 Å². The maximum Gasteiger partial charge on any atom is 0.246 e. The van der Waals surface area contributed by atoms with Crippen LogP contribution in [0.15, 0.2) is 42.5 Å². The van der Waals surface area contributed by atoms with Gasteiger partial charge < -0.3 is 0 Å². The first-order valence-corrected chi connectivity index (χ1v) is 8.08. The average molecular weight is 323 g/mol. The predicted molar refractivity (Wildman–Crippen MR) is 76.6 cm³/mol. The second-order valence-electron chi connectivity index (χ2n) is 4.92. The fraction of sp³-hybridized carbons (Fsp3) is 0.133. The molecule has 4 nitrogen and oxygen atoms in total. The van der Waals surface area contributed by atoms with Gasteiger partial charge in [-0.15, -0.1) is 0 Å². The summed E-state index contributed by atoms with van der Waals surface area (Å²) in [6.07, 6.45) is -0.0465. The van der Waals surface area contributed by atoms with Crippen LogP contribution >= 0.6 is 0 Å². The average Bonchev–Trinajstić information content (AvgIpc) is 2.79. The fourth-order valence-corrected chi connectivity index (χ4v) is 4.07. The number of hydrogen-bond donors (Lipinski definition) is 0. The van der Waals surface area contributed by atoms with Gasteiger partial charge in [0.25, 0.3) is 0 Å². The van der Waals surface area contributed by atoms with Gasteiger partial charge in [-0.25, -0.2) is 21.5 Å². The highest BCUT2D eigenvalue weighted by atomic mass is 32.2. The first-order valence-electron chi connectivity index (χ1n) is 6.47. The molecule has 0 spiro atoms. The van der Waals surface area contributed by atoms with Crippen LogP contribution in [0.5, 0.6) is 0 Å². The molecule has 1 aliphatic rings. The van der Waals surface area contributed by atoms with Gasteiger partial charge in [0.1, 0.15) is 17.4 Å². The molecule has 0 N–H and O–H groups in total. The molecule has 0 aromatic heterocycles. The van der Waals surface area contributed by atoms with Crippen LogP contribution in [-0.4, -0.2) is 14.3 Å². The normalized spacial score (nSPS) is 14.3. The number of nitrogens with zero attached hydrogens (tertiary/aromatic N) is 1. The highest BCUT2D eigenvalue weighted by Crippen LogP contribution is 2.32. The smallest absolute Gasteiger partial charge is 0.246 e. The van der Waals surface area contributed by atoms with Crippen LogP contribution in [0.3, 0.4) is 0 Å². The van der Waals surface area contributed by atoms with Crippen molar-refractivity contribution in [2.75, 3.05) is 4.31 Å². The summed E-state index contributed by atoms with van der Waals surface area (Å²) in [6, 6.07) is 9.54. The summed E-state index contributed by atoms with van der Waals surface area (Å²) in [5.74, 6) is -3.45. The lowest BCUT2D eigenvalue weighted by atomic mass is 10.2. The van der Waals surface area contributed by atoms with E-state index in [0.29, 0.717) is 9.87 Å². The predicted octanol–water partition coefficient (Wildman–Crippen LogP) is 2.38.